The minimum Gasteiger partial charge on any atom is -0.455 e. The van der Waals surface area contributed by atoms with Crippen LogP contribution in [0.2, 0.25) is 0 Å². The predicted molar refractivity (Wildman–Crippen MR) is 147 cm³/mol. The van der Waals surface area contributed by atoms with Gasteiger partial charge < -0.3 is 20.9 Å². The summed E-state index contributed by atoms with van der Waals surface area (Å²) in [6.45, 7) is 0. The van der Waals surface area contributed by atoms with Gasteiger partial charge in [-0.1, -0.05) is 84.9 Å². The predicted octanol–water partition coefficient (Wildman–Crippen LogP) is 7.62. The van der Waals surface area contributed by atoms with Crippen molar-refractivity contribution in [3.63, 3.8) is 0 Å². The highest BCUT2D eigenvalue weighted by Crippen LogP contribution is 2.33. The van der Waals surface area contributed by atoms with E-state index in [1.807, 2.05) is 84.9 Å². The summed E-state index contributed by atoms with van der Waals surface area (Å²) in [7, 11) is 0. The van der Waals surface area contributed by atoms with Crippen molar-refractivity contribution in [1.82, 2.24) is 0 Å². The molecular formula is C32H28N2O2. The molecule has 5 rings (SSSR count). The van der Waals surface area contributed by atoms with Crippen molar-refractivity contribution in [3.8, 4) is 23.0 Å². The van der Waals surface area contributed by atoms with Crippen LogP contribution >= 0.6 is 0 Å². The molecule has 0 amide bonds. The smallest absolute Gasteiger partial charge is 0.150 e. The summed E-state index contributed by atoms with van der Waals surface area (Å²) in [5.41, 5.74) is 18.1. The molecule has 4 N–H and O–H groups in total. The average Bonchev–Trinajstić information content (AvgIpc) is 2.90. The summed E-state index contributed by atoms with van der Waals surface area (Å²) >= 11 is 0. The molecule has 0 bridgehead atoms. The van der Waals surface area contributed by atoms with Crippen LogP contribution in [0.4, 0.5) is 11.4 Å². The Morgan fingerprint density at radius 2 is 0.667 bits per heavy atom. The largest absolute Gasteiger partial charge is 0.455 e. The molecule has 0 aliphatic rings. The number of hydrogen-bond donors (Lipinski definition) is 2. The quantitative estimate of drug-likeness (QED) is 0.228. The monoisotopic (exact) mass is 472 g/mol. The number of hydrogen-bond acceptors (Lipinski definition) is 4. The van der Waals surface area contributed by atoms with Gasteiger partial charge in [0.1, 0.15) is 23.0 Å². The Morgan fingerprint density at radius 3 is 1.06 bits per heavy atom. The minimum atomic E-state index is 0.614. The Labute approximate surface area is 211 Å². The van der Waals surface area contributed by atoms with Gasteiger partial charge in [0.2, 0.25) is 0 Å². The van der Waals surface area contributed by atoms with Gasteiger partial charge in [0.05, 0.1) is 11.4 Å². The number of ether oxygens (including phenoxy) is 2. The molecule has 0 aliphatic carbocycles. The molecule has 0 spiro atoms. The van der Waals surface area contributed by atoms with Gasteiger partial charge >= 0.3 is 0 Å². The fourth-order valence-corrected chi connectivity index (χ4v) is 4.20. The van der Waals surface area contributed by atoms with E-state index in [0.29, 0.717) is 22.9 Å². The standard InChI is InChI=1S/C32H28N2O2/c33-27-15-5-9-19-31(27)35-29-17-7-3-13-25(29)21-23-11-1-2-12-24(23)22-26-14-4-8-18-30(26)36-32-20-10-6-16-28(32)34/h1-20H,21-22,33-34H2. The summed E-state index contributed by atoms with van der Waals surface area (Å²) in [6, 6.07) is 39.8. The third-order valence-corrected chi connectivity index (χ3v) is 6.10. The van der Waals surface area contributed by atoms with Crippen LogP contribution in [-0.4, -0.2) is 0 Å². The van der Waals surface area contributed by atoms with Crippen molar-refractivity contribution in [2.75, 3.05) is 11.5 Å². The zero-order chi connectivity index (χ0) is 24.7. The Morgan fingerprint density at radius 1 is 0.361 bits per heavy atom. The van der Waals surface area contributed by atoms with Gasteiger partial charge in [-0.25, -0.2) is 0 Å². The lowest BCUT2D eigenvalue weighted by Gasteiger charge is -2.16. The van der Waals surface area contributed by atoms with Gasteiger partial charge in [0.25, 0.3) is 0 Å². The molecule has 0 saturated heterocycles. The minimum absolute atomic E-state index is 0.614. The van der Waals surface area contributed by atoms with Crippen molar-refractivity contribution in [1.29, 1.82) is 0 Å². The van der Waals surface area contributed by atoms with Crippen LogP contribution in [0.1, 0.15) is 22.3 Å². The SMILES string of the molecule is Nc1ccccc1Oc1ccccc1Cc1ccccc1Cc1ccccc1Oc1ccccc1N. The molecule has 0 aromatic heterocycles. The molecule has 4 heteroatoms. The number of rotatable bonds is 8. The van der Waals surface area contributed by atoms with E-state index in [0.717, 1.165) is 35.5 Å². The topological polar surface area (TPSA) is 70.5 Å². The third-order valence-electron chi connectivity index (χ3n) is 6.10. The fraction of sp³-hybridized carbons (Fsp3) is 0.0625. The normalized spacial score (nSPS) is 10.7. The molecular weight excluding hydrogens is 444 g/mol. The zero-order valence-corrected chi connectivity index (χ0v) is 19.9. The second kappa shape index (κ2) is 10.7. The molecule has 0 saturated carbocycles. The molecule has 36 heavy (non-hydrogen) atoms. The Kier molecular flexibility index (Phi) is 6.86. The maximum absolute atomic E-state index is 6.21. The van der Waals surface area contributed by atoms with E-state index >= 15 is 0 Å². The lowest BCUT2D eigenvalue weighted by molar-refractivity contribution is 0.479. The van der Waals surface area contributed by atoms with Crippen LogP contribution in [0.15, 0.2) is 121 Å². The van der Waals surface area contributed by atoms with Gasteiger partial charge in [0.15, 0.2) is 0 Å². The second-order valence-corrected chi connectivity index (χ2v) is 8.62. The molecule has 178 valence electrons. The van der Waals surface area contributed by atoms with Crippen LogP contribution in [0, 0.1) is 0 Å². The Bertz CT molecular complexity index is 1370. The van der Waals surface area contributed by atoms with Crippen LogP contribution < -0.4 is 20.9 Å². The van der Waals surface area contributed by atoms with Crippen molar-refractivity contribution in [2.45, 2.75) is 12.8 Å². The molecule has 0 radical (unpaired) electrons. The van der Waals surface area contributed by atoms with E-state index in [4.69, 9.17) is 20.9 Å². The van der Waals surface area contributed by atoms with Crippen LogP contribution in [0.5, 0.6) is 23.0 Å². The number of nitrogen functional groups attached to an aromatic ring is 2. The Balaban J connectivity index is 1.41. The van der Waals surface area contributed by atoms with Gasteiger partial charge in [-0.3, -0.25) is 0 Å². The highest BCUT2D eigenvalue weighted by Gasteiger charge is 2.13. The zero-order valence-electron chi connectivity index (χ0n) is 19.9. The van der Waals surface area contributed by atoms with E-state index < -0.39 is 0 Å². The lowest BCUT2D eigenvalue weighted by atomic mass is 9.94. The van der Waals surface area contributed by atoms with Crippen molar-refractivity contribution in [3.05, 3.63) is 144 Å². The number of anilines is 2. The molecule has 0 atom stereocenters. The highest BCUT2D eigenvalue weighted by molar-refractivity contribution is 5.56. The molecule has 0 unspecified atom stereocenters. The second-order valence-electron chi connectivity index (χ2n) is 8.62. The van der Waals surface area contributed by atoms with Gasteiger partial charge in [-0.15, -0.1) is 0 Å². The van der Waals surface area contributed by atoms with Gasteiger partial charge in [-0.05, 0) is 58.7 Å². The lowest BCUT2D eigenvalue weighted by Crippen LogP contribution is -2.01. The molecule has 0 heterocycles. The van der Waals surface area contributed by atoms with E-state index in [1.54, 1.807) is 0 Å². The first kappa shape index (κ1) is 23.1. The number of benzene rings is 5. The Hall–Kier alpha value is -4.70. The molecule has 0 fully saturated rings. The highest BCUT2D eigenvalue weighted by atomic mass is 16.5. The first-order valence-corrected chi connectivity index (χ1v) is 11.9. The first-order chi connectivity index (χ1) is 17.7. The molecule has 0 aliphatic heterocycles. The van der Waals surface area contributed by atoms with Gasteiger partial charge in [-0.2, -0.15) is 0 Å². The summed E-state index contributed by atoms with van der Waals surface area (Å²) in [5.74, 6) is 2.91. The molecule has 4 nitrogen and oxygen atoms in total. The van der Waals surface area contributed by atoms with Crippen LogP contribution in [0.3, 0.4) is 0 Å². The third kappa shape index (κ3) is 5.34. The summed E-state index contributed by atoms with van der Waals surface area (Å²) in [4.78, 5) is 0. The number of para-hydroxylation sites is 6. The average molecular weight is 473 g/mol. The molecule has 5 aromatic rings. The van der Waals surface area contributed by atoms with Crippen molar-refractivity contribution >= 4 is 11.4 Å². The number of nitrogens with two attached hydrogens (primary N) is 2. The van der Waals surface area contributed by atoms with Crippen molar-refractivity contribution in [2.24, 2.45) is 0 Å². The van der Waals surface area contributed by atoms with E-state index in [1.165, 1.54) is 11.1 Å². The maximum Gasteiger partial charge on any atom is 0.150 e. The fourth-order valence-electron chi connectivity index (χ4n) is 4.20. The van der Waals surface area contributed by atoms with Crippen molar-refractivity contribution < 1.29 is 9.47 Å². The first-order valence-electron chi connectivity index (χ1n) is 11.9. The van der Waals surface area contributed by atoms with Crippen LogP contribution in [-0.2, 0) is 12.8 Å². The van der Waals surface area contributed by atoms with E-state index in [9.17, 15) is 0 Å². The summed E-state index contributed by atoms with van der Waals surface area (Å²) in [5, 5.41) is 0. The maximum atomic E-state index is 6.21. The summed E-state index contributed by atoms with van der Waals surface area (Å²) in [6.07, 6.45) is 1.46. The molecule has 5 aromatic carbocycles. The van der Waals surface area contributed by atoms with Crippen LogP contribution in [0.25, 0.3) is 0 Å². The van der Waals surface area contributed by atoms with Gasteiger partial charge in [0, 0.05) is 12.8 Å². The van der Waals surface area contributed by atoms with E-state index in [2.05, 4.69) is 36.4 Å². The van der Waals surface area contributed by atoms with E-state index in [-0.39, 0.29) is 0 Å². The summed E-state index contributed by atoms with van der Waals surface area (Å²) < 4.78 is 12.4.